The minimum Gasteiger partial charge on any atom is -0.349 e. The van der Waals surface area contributed by atoms with E-state index in [1.54, 1.807) is 11.3 Å². The molecule has 2 heterocycles. The summed E-state index contributed by atoms with van der Waals surface area (Å²) in [7, 11) is 2.07. The van der Waals surface area contributed by atoms with Gasteiger partial charge in [0.2, 0.25) is 0 Å². The van der Waals surface area contributed by atoms with Crippen LogP contribution in [0.3, 0.4) is 0 Å². The van der Waals surface area contributed by atoms with Crippen molar-refractivity contribution in [3.63, 3.8) is 0 Å². The molecule has 1 N–H and O–H groups in total. The summed E-state index contributed by atoms with van der Waals surface area (Å²) < 4.78 is 3.48. The van der Waals surface area contributed by atoms with Gasteiger partial charge in [-0.05, 0) is 65.5 Å². The van der Waals surface area contributed by atoms with Gasteiger partial charge in [0.05, 0.1) is 10.3 Å². The van der Waals surface area contributed by atoms with Gasteiger partial charge in [0.25, 0.3) is 0 Å². The summed E-state index contributed by atoms with van der Waals surface area (Å²) in [5.41, 5.74) is 1.43. The molecule has 0 saturated heterocycles. The summed E-state index contributed by atoms with van der Waals surface area (Å²) in [6.07, 6.45) is 7.21. The smallest absolute Gasteiger partial charge is 0.0702 e. The van der Waals surface area contributed by atoms with E-state index < -0.39 is 0 Å². The van der Waals surface area contributed by atoms with Crippen molar-refractivity contribution in [1.29, 1.82) is 0 Å². The highest BCUT2D eigenvalue weighted by Gasteiger charge is 2.31. The molecule has 1 aliphatic carbocycles. The Morgan fingerprint density at radius 2 is 2.28 bits per heavy atom. The number of hydrogen-bond acceptors (Lipinski definition) is 2. The fourth-order valence-corrected chi connectivity index (χ4v) is 3.95. The largest absolute Gasteiger partial charge is 0.349 e. The number of halogens is 1. The van der Waals surface area contributed by atoms with Gasteiger partial charge in [-0.25, -0.2) is 0 Å². The van der Waals surface area contributed by atoms with Gasteiger partial charge >= 0.3 is 0 Å². The summed E-state index contributed by atoms with van der Waals surface area (Å²) in [5, 5.41) is 3.44. The van der Waals surface area contributed by atoms with Crippen molar-refractivity contribution in [3.05, 3.63) is 44.8 Å². The van der Waals surface area contributed by atoms with Crippen molar-refractivity contribution >= 4 is 27.3 Å². The molecule has 0 radical (unpaired) electrons. The SMILES string of the molecule is CNC(c1ccn(Cc2ccc(Br)s2)c1)C1CC1. The third kappa shape index (κ3) is 2.71. The molecule has 96 valence electrons. The van der Waals surface area contributed by atoms with Crippen LogP contribution in [0.1, 0.15) is 29.3 Å². The first-order chi connectivity index (χ1) is 8.76. The van der Waals surface area contributed by atoms with Crippen LogP contribution in [-0.4, -0.2) is 11.6 Å². The van der Waals surface area contributed by atoms with Crippen molar-refractivity contribution in [1.82, 2.24) is 9.88 Å². The van der Waals surface area contributed by atoms with Crippen LogP contribution in [0.15, 0.2) is 34.4 Å². The second-order valence-electron chi connectivity index (χ2n) is 4.93. The predicted octanol–water partition coefficient (Wildman–Crippen LogP) is 4.03. The zero-order valence-electron chi connectivity index (χ0n) is 10.4. The highest BCUT2D eigenvalue weighted by molar-refractivity contribution is 9.11. The molecule has 1 saturated carbocycles. The Balaban J connectivity index is 1.72. The number of thiophene rings is 1. The second kappa shape index (κ2) is 5.19. The minimum atomic E-state index is 0.543. The first kappa shape index (κ1) is 12.5. The number of nitrogens with zero attached hydrogens (tertiary/aromatic N) is 1. The number of hydrogen-bond donors (Lipinski definition) is 1. The molecule has 2 nitrogen and oxygen atoms in total. The lowest BCUT2D eigenvalue weighted by Gasteiger charge is -2.13. The summed E-state index contributed by atoms with van der Waals surface area (Å²) in [6, 6.07) is 7.10. The number of nitrogens with one attached hydrogen (secondary N) is 1. The summed E-state index contributed by atoms with van der Waals surface area (Å²) >= 11 is 5.32. The van der Waals surface area contributed by atoms with Gasteiger partial charge in [-0.15, -0.1) is 11.3 Å². The molecule has 18 heavy (non-hydrogen) atoms. The molecule has 2 aromatic rings. The van der Waals surface area contributed by atoms with Gasteiger partial charge in [-0.3, -0.25) is 0 Å². The van der Waals surface area contributed by atoms with Crippen LogP contribution in [0, 0.1) is 5.92 Å². The van der Waals surface area contributed by atoms with Gasteiger partial charge in [-0.1, -0.05) is 0 Å². The summed E-state index contributed by atoms with van der Waals surface area (Å²) in [5.74, 6) is 0.849. The Bertz CT molecular complexity index is 527. The van der Waals surface area contributed by atoms with Crippen molar-refractivity contribution in [2.24, 2.45) is 5.92 Å². The van der Waals surface area contributed by atoms with Crippen LogP contribution in [0.25, 0.3) is 0 Å². The van der Waals surface area contributed by atoms with Gasteiger partial charge in [-0.2, -0.15) is 0 Å². The highest BCUT2D eigenvalue weighted by Crippen LogP contribution is 2.40. The Kier molecular flexibility index (Phi) is 3.59. The van der Waals surface area contributed by atoms with Crippen molar-refractivity contribution in [3.8, 4) is 0 Å². The average Bonchev–Trinajstić information content (AvgIpc) is 2.94. The molecule has 0 bridgehead atoms. The zero-order chi connectivity index (χ0) is 12.5. The molecule has 0 amide bonds. The lowest BCUT2D eigenvalue weighted by molar-refractivity contribution is 0.528. The fourth-order valence-electron chi connectivity index (χ4n) is 2.46. The summed E-state index contributed by atoms with van der Waals surface area (Å²) in [6.45, 7) is 0.970. The van der Waals surface area contributed by atoms with E-state index in [2.05, 4.69) is 63.5 Å². The van der Waals surface area contributed by atoms with E-state index in [9.17, 15) is 0 Å². The van der Waals surface area contributed by atoms with Gasteiger partial charge in [0.1, 0.15) is 0 Å². The monoisotopic (exact) mass is 324 g/mol. The third-order valence-electron chi connectivity index (χ3n) is 3.50. The molecule has 1 aliphatic rings. The lowest BCUT2D eigenvalue weighted by Crippen LogP contribution is -2.17. The lowest BCUT2D eigenvalue weighted by atomic mass is 10.1. The van der Waals surface area contributed by atoms with Crippen molar-refractivity contribution < 1.29 is 0 Å². The van der Waals surface area contributed by atoms with E-state index in [-0.39, 0.29) is 0 Å². The zero-order valence-corrected chi connectivity index (χ0v) is 12.8. The Labute approximate surface area is 120 Å². The number of rotatable bonds is 5. The minimum absolute atomic E-state index is 0.543. The summed E-state index contributed by atoms with van der Waals surface area (Å²) in [4.78, 5) is 1.39. The molecular weight excluding hydrogens is 308 g/mol. The maximum Gasteiger partial charge on any atom is 0.0702 e. The van der Waals surface area contributed by atoms with Crippen LogP contribution in [-0.2, 0) is 6.54 Å². The van der Waals surface area contributed by atoms with Gasteiger partial charge in [0.15, 0.2) is 0 Å². The molecule has 1 unspecified atom stereocenters. The molecule has 0 aromatic carbocycles. The van der Waals surface area contributed by atoms with Gasteiger partial charge in [0, 0.05) is 23.3 Å². The first-order valence-corrected chi connectivity index (χ1v) is 7.94. The average molecular weight is 325 g/mol. The molecule has 3 rings (SSSR count). The second-order valence-corrected chi connectivity index (χ2v) is 7.47. The van der Waals surface area contributed by atoms with E-state index >= 15 is 0 Å². The third-order valence-corrected chi connectivity index (χ3v) is 5.11. The molecular formula is C14H17BrN2S. The standard InChI is InChI=1S/C14H17BrN2S/c1-16-14(10-2-3-10)11-6-7-17(8-11)9-12-4-5-13(15)18-12/h4-8,10,14,16H,2-3,9H2,1H3. The first-order valence-electron chi connectivity index (χ1n) is 6.33. The van der Waals surface area contributed by atoms with Crippen molar-refractivity contribution in [2.75, 3.05) is 7.05 Å². The maximum atomic E-state index is 3.51. The molecule has 1 atom stereocenters. The highest BCUT2D eigenvalue weighted by atomic mass is 79.9. The van der Waals surface area contributed by atoms with Gasteiger partial charge < -0.3 is 9.88 Å². The molecule has 1 fully saturated rings. The molecule has 0 aliphatic heterocycles. The van der Waals surface area contributed by atoms with Crippen LogP contribution >= 0.6 is 27.3 Å². The number of aromatic nitrogens is 1. The van der Waals surface area contributed by atoms with E-state index in [1.165, 1.54) is 27.1 Å². The molecule has 4 heteroatoms. The topological polar surface area (TPSA) is 17.0 Å². The van der Waals surface area contributed by atoms with E-state index in [4.69, 9.17) is 0 Å². The van der Waals surface area contributed by atoms with Crippen LogP contribution in [0.5, 0.6) is 0 Å². The van der Waals surface area contributed by atoms with E-state index in [0.29, 0.717) is 6.04 Å². The van der Waals surface area contributed by atoms with Crippen LogP contribution in [0.2, 0.25) is 0 Å². The molecule has 2 aromatic heterocycles. The van der Waals surface area contributed by atoms with Crippen LogP contribution in [0.4, 0.5) is 0 Å². The predicted molar refractivity (Wildman–Crippen MR) is 80.1 cm³/mol. The normalized spacial score (nSPS) is 17.0. The molecule has 0 spiro atoms. The van der Waals surface area contributed by atoms with E-state index in [1.807, 2.05) is 0 Å². The Morgan fingerprint density at radius 3 is 2.89 bits per heavy atom. The quantitative estimate of drug-likeness (QED) is 0.878. The fraction of sp³-hybridized carbons (Fsp3) is 0.429. The Morgan fingerprint density at radius 1 is 1.44 bits per heavy atom. The van der Waals surface area contributed by atoms with Crippen LogP contribution < -0.4 is 5.32 Å². The Hall–Kier alpha value is -0.580. The van der Waals surface area contributed by atoms with Crippen molar-refractivity contribution in [2.45, 2.75) is 25.4 Å². The maximum absolute atomic E-state index is 3.51. The van der Waals surface area contributed by atoms with E-state index in [0.717, 1.165) is 12.5 Å².